The van der Waals surface area contributed by atoms with E-state index in [1.807, 2.05) is 12.3 Å². The fourth-order valence-corrected chi connectivity index (χ4v) is 2.70. The van der Waals surface area contributed by atoms with Crippen molar-refractivity contribution >= 4 is 0 Å². The highest BCUT2D eigenvalue weighted by atomic mass is 16.3. The van der Waals surface area contributed by atoms with Crippen molar-refractivity contribution in [2.45, 2.75) is 66.4 Å². The lowest BCUT2D eigenvalue weighted by Crippen LogP contribution is -2.19. The number of aliphatic hydroxyl groups excluding tert-OH is 1. The molecule has 0 saturated carbocycles. The summed E-state index contributed by atoms with van der Waals surface area (Å²) in [4.78, 5) is 4.41. The van der Waals surface area contributed by atoms with Crippen LogP contribution in [0.4, 0.5) is 0 Å². The first-order valence-corrected chi connectivity index (χ1v) is 7.42. The molecule has 0 aliphatic rings. The minimum absolute atomic E-state index is 0.280. The number of hydrogen-bond donors (Lipinski definition) is 1. The maximum atomic E-state index is 10.2. The molecule has 2 unspecified atom stereocenters. The molecule has 0 saturated heterocycles. The molecule has 1 N–H and O–H groups in total. The van der Waals surface area contributed by atoms with Gasteiger partial charge in [0.15, 0.2) is 0 Å². The van der Waals surface area contributed by atoms with E-state index < -0.39 is 0 Å². The summed E-state index contributed by atoms with van der Waals surface area (Å²) in [6.07, 6.45) is 5.32. The Morgan fingerprint density at radius 2 is 1.95 bits per heavy atom. The van der Waals surface area contributed by atoms with E-state index in [9.17, 15) is 5.11 Å². The SMILES string of the molecule is CCc1ccc(CC(O)CC(C)CC(C)(C)C)nc1. The fourth-order valence-electron chi connectivity index (χ4n) is 2.70. The molecule has 2 nitrogen and oxygen atoms in total. The predicted octanol–water partition coefficient (Wildman–Crippen LogP) is 4.01. The van der Waals surface area contributed by atoms with Crippen LogP contribution in [0.15, 0.2) is 18.3 Å². The summed E-state index contributed by atoms with van der Waals surface area (Å²) in [5, 5.41) is 10.2. The molecular formula is C17H29NO. The second-order valence-corrected chi connectivity index (χ2v) is 6.97. The van der Waals surface area contributed by atoms with Crippen LogP contribution in [0, 0.1) is 11.3 Å². The first-order chi connectivity index (χ1) is 8.80. The first-order valence-electron chi connectivity index (χ1n) is 7.42. The molecule has 1 rings (SSSR count). The smallest absolute Gasteiger partial charge is 0.0598 e. The molecule has 19 heavy (non-hydrogen) atoms. The van der Waals surface area contributed by atoms with E-state index in [-0.39, 0.29) is 6.10 Å². The highest BCUT2D eigenvalue weighted by Gasteiger charge is 2.18. The maximum absolute atomic E-state index is 10.2. The van der Waals surface area contributed by atoms with E-state index in [1.165, 1.54) is 5.56 Å². The van der Waals surface area contributed by atoms with E-state index in [2.05, 4.69) is 45.7 Å². The number of pyridine rings is 1. The van der Waals surface area contributed by atoms with Crippen molar-refractivity contribution in [1.82, 2.24) is 4.98 Å². The van der Waals surface area contributed by atoms with Gasteiger partial charge in [0.2, 0.25) is 0 Å². The molecule has 0 amide bonds. The summed E-state index contributed by atoms with van der Waals surface area (Å²) < 4.78 is 0. The summed E-state index contributed by atoms with van der Waals surface area (Å²) in [5.41, 5.74) is 2.58. The molecule has 1 heterocycles. The quantitative estimate of drug-likeness (QED) is 0.841. The van der Waals surface area contributed by atoms with Gasteiger partial charge in [-0.15, -0.1) is 0 Å². The summed E-state index contributed by atoms with van der Waals surface area (Å²) in [7, 11) is 0. The molecule has 1 aromatic rings. The summed E-state index contributed by atoms with van der Waals surface area (Å²) >= 11 is 0. The molecule has 108 valence electrons. The van der Waals surface area contributed by atoms with Gasteiger partial charge in [-0.25, -0.2) is 0 Å². The Balaban J connectivity index is 2.43. The zero-order valence-corrected chi connectivity index (χ0v) is 13.1. The fraction of sp³-hybridized carbons (Fsp3) is 0.706. The van der Waals surface area contributed by atoms with Crippen LogP contribution in [-0.2, 0) is 12.8 Å². The summed E-state index contributed by atoms with van der Waals surface area (Å²) in [6.45, 7) is 11.1. The minimum atomic E-state index is -0.280. The van der Waals surface area contributed by atoms with Gasteiger partial charge in [0.05, 0.1) is 6.10 Å². The number of aromatic nitrogens is 1. The van der Waals surface area contributed by atoms with Crippen molar-refractivity contribution in [3.8, 4) is 0 Å². The van der Waals surface area contributed by atoms with Crippen LogP contribution in [0.25, 0.3) is 0 Å². The average Bonchev–Trinajstić information content (AvgIpc) is 2.27. The Kier molecular flexibility index (Phi) is 5.99. The molecular weight excluding hydrogens is 234 g/mol. The van der Waals surface area contributed by atoms with Crippen LogP contribution in [-0.4, -0.2) is 16.2 Å². The van der Waals surface area contributed by atoms with Crippen LogP contribution < -0.4 is 0 Å². The van der Waals surface area contributed by atoms with Gasteiger partial charge in [0.1, 0.15) is 0 Å². The molecule has 0 aliphatic heterocycles. The molecule has 0 spiro atoms. The maximum Gasteiger partial charge on any atom is 0.0598 e. The lowest BCUT2D eigenvalue weighted by molar-refractivity contribution is 0.132. The molecule has 0 bridgehead atoms. The van der Waals surface area contributed by atoms with Gasteiger partial charge >= 0.3 is 0 Å². The zero-order chi connectivity index (χ0) is 14.5. The van der Waals surface area contributed by atoms with Crippen LogP contribution >= 0.6 is 0 Å². The topological polar surface area (TPSA) is 33.1 Å². The Labute approximate surface area is 118 Å². The average molecular weight is 263 g/mol. The van der Waals surface area contributed by atoms with Gasteiger partial charge in [0, 0.05) is 18.3 Å². The van der Waals surface area contributed by atoms with Crippen molar-refractivity contribution in [3.63, 3.8) is 0 Å². The summed E-state index contributed by atoms with van der Waals surface area (Å²) in [5.74, 6) is 0.546. The highest BCUT2D eigenvalue weighted by Crippen LogP contribution is 2.27. The number of rotatable bonds is 6. The van der Waals surface area contributed by atoms with E-state index in [0.29, 0.717) is 17.8 Å². The molecule has 0 radical (unpaired) electrons. The third-order valence-electron chi connectivity index (χ3n) is 3.37. The van der Waals surface area contributed by atoms with Gasteiger partial charge in [-0.3, -0.25) is 4.98 Å². The van der Waals surface area contributed by atoms with E-state index >= 15 is 0 Å². The third-order valence-corrected chi connectivity index (χ3v) is 3.37. The number of aryl methyl sites for hydroxylation is 1. The second kappa shape index (κ2) is 7.04. The van der Waals surface area contributed by atoms with Gasteiger partial charge in [-0.1, -0.05) is 40.7 Å². The second-order valence-electron chi connectivity index (χ2n) is 6.97. The van der Waals surface area contributed by atoms with Crippen molar-refractivity contribution in [2.75, 3.05) is 0 Å². The normalized spacial score (nSPS) is 15.3. The summed E-state index contributed by atoms with van der Waals surface area (Å²) in [6, 6.07) is 4.14. The van der Waals surface area contributed by atoms with E-state index in [1.54, 1.807) is 0 Å². The minimum Gasteiger partial charge on any atom is -0.393 e. The number of hydrogen-bond acceptors (Lipinski definition) is 2. The van der Waals surface area contributed by atoms with Gasteiger partial charge < -0.3 is 5.11 Å². The Bertz CT molecular complexity index is 364. The van der Waals surface area contributed by atoms with Gasteiger partial charge in [-0.05, 0) is 42.2 Å². The van der Waals surface area contributed by atoms with Crippen molar-refractivity contribution < 1.29 is 5.11 Å². The number of nitrogens with zero attached hydrogens (tertiary/aromatic N) is 1. The van der Waals surface area contributed by atoms with Gasteiger partial charge in [-0.2, -0.15) is 0 Å². The largest absolute Gasteiger partial charge is 0.393 e. The molecule has 2 atom stereocenters. The first kappa shape index (κ1) is 16.2. The Morgan fingerprint density at radius 3 is 2.42 bits per heavy atom. The lowest BCUT2D eigenvalue weighted by Gasteiger charge is -2.24. The number of aliphatic hydroxyl groups is 1. The molecule has 2 heteroatoms. The standard InChI is InChI=1S/C17H29NO/c1-6-14-7-8-15(18-12-14)10-16(19)9-13(2)11-17(3,4)5/h7-8,12-13,16,19H,6,9-11H2,1-5H3. The van der Waals surface area contributed by atoms with E-state index in [4.69, 9.17) is 0 Å². The predicted molar refractivity (Wildman–Crippen MR) is 81.2 cm³/mol. The third kappa shape index (κ3) is 6.72. The van der Waals surface area contributed by atoms with Crippen LogP contribution in [0.2, 0.25) is 0 Å². The van der Waals surface area contributed by atoms with Crippen LogP contribution in [0.5, 0.6) is 0 Å². The monoisotopic (exact) mass is 263 g/mol. The molecule has 0 aliphatic carbocycles. The highest BCUT2D eigenvalue weighted by molar-refractivity contribution is 5.14. The molecule has 0 aromatic carbocycles. The Morgan fingerprint density at radius 1 is 1.26 bits per heavy atom. The van der Waals surface area contributed by atoms with Crippen molar-refractivity contribution in [2.24, 2.45) is 11.3 Å². The van der Waals surface area contributed by atoms with Crippen molar-refractivity contribution in [3.05, 3.63) is 29.6 Å². The lowest BCUT2D eigenvalue weighted by atomic mass is 9.83. The van der Waals surface area contributed by atoms with E-state index in [0.717, 1.165) is 25.0 Å². The van der Waals surface area contributed by atoms with Gasteiger partial charge in [0.25, 0.3) is 0 Å². The van der Waals surface area contributed by atoms with Crippen molar-refractivity contribution in [1.29, 1.82) is 0 Å². The van der Waals surface area contributed by atoms with Crippen LogP contribution in [0.1, 0.15) is 58.7 Å². The molecule has 1 aromatic heterocycles. The zero-order valence-electron chi connectivity index (χ0n) is 13.1. The van der Waals surface area contributed by atoms with Crippen LogP contribution in [0.3, 0.4) is 0 Å². The molecule has 0 fully saturated rings. The Hall–Kier alpha value is -0.890.